The van der Waals surface area contributed by atoms with Crippen molar-refractivity contribution in [1.82, 2.24) is 15.5 Å². The standard InChI is InChI=1S/C16H11F2N3O2/c17-11-5-3-4-10(8-11)16(22)19-9-14-20-15(21-23-14)12-6-1-2-7-13(12)18/h1-8H,9H2,(H,19,22). The van der Waals surface area contributed by atoms with Crippen LogP contribution < -0.4 is 5.32 Å². The van der Waals surface area contributed by atoms with Crippen molar-refractivity contribution in [2.75, 3.05) is 0 Å². The van der Waals surface area contributed by atoms with E-state index >= 15 is 0 Å². The van der Waals surface area contributed by atoms with Crippen molar-refractivity contribution in [2.24, 2.45) is 0 Å². The van der Waals surface area contributed by atoms with Crippen LogP contribution in [0.15, 0.2) is 53.1 Å². The smallest absolute Gasteiger partial charge is 0.251 e. The molecule has 3 aromatic rings. The Balaban J connectivity index is 1.68. The molecular weight excluding hydrogens is 304 g/mol. The number of benzene rings is 2. The van der Waals surface area contributed by atoms with Crippen LogP contribution in [-0.2, 0) is 6.54 Å². The topological polar surface area (TPSA) is 68.0 Å². The molecule has 0 fully saturated rings. The van der Waals surface area contributed by atoms with Crippen LogP contribution >= 0.6 is 0 Å². The highest BCUT2D eigenvalue weighted by molar-refractivity contribution is 5.94. The summed E-state index contributed by atoms with van der Waals surface area (Å²) in [5.74, 6) is -1.23. The lowest BCUT2D eigenvalue weighted by Gasteiger charge is -2.02. The van der Waals surface area contributed by atoms with Gasteiger partial charge in [-0.1, -0.05) is 23.4 Å². The van der Waals surface area contributed by atoms with E-state index in [2.05, 4.69) is 15.5 Å². The van der Waals surface area contributed by atoms with Crippen LogP contribution in [-0.4, -0.2) is 16.0 Å². The first-order valence-corrected chi connectivity index (χ1v) is 6.75. The van der Waals surface area contributed by atoms with Gasteiger partial charge in [0.25, 0.3) is 5.91 Å². The predicted molar refractivity (Wildman–Crippen MR) is 77.3 cm³/mol. The van der Waals surface area contributed by atoms with Gasteiger partial charge in [0.2, 0.25) is 11.7 Å². The molecule has 0 spiro atoms. The summed E-state index contributed by atoms with van der Waals surface area (Å²) in [5, 5.41) is 6.20. The van der Waals surface area contributed by atoms with Crippen LogP contribution in [0.4, 0.5) is 8.78 Å². The fourth-order valence-corrected chi connectivity index (χ4v) is 1.97. The predicted octanol–water partition coefficient (Wildman–Crippen LogP) is 2.94. The van der Waals surface area contributed by atoms with Gasteiger partial charge in [-0.3, -0.25) is 4.79 Å². The zero-order valence-corrected chi connectivity index (χ0v) is 11.8. The molecule has 0 aliphatic rings. The van der Waals surface area contributed by atoms with E-state index < -0.39 is 17.5 Å². The number of rotatable bonds is 4. The first kappa shape index (κ1) is 14.8. The van der Waals surface area contributed by atoms with Gasteiger partial charge in [-0.2, -0.15) is 4.98 Å². The molecule has 1 N–H and O–H groups in total. The maximum absolute atomic E-state index is 13.6. The van der Waals surface area contributed by atoms with Gasteiger partial charge in [0.15, 0.2) is 0 Å². The number of hydrogen-bond donors (Lipinski definition) is 1. The third kappa shape index (κ3) is 3.39. The van der Waals surface area contributed by atoms with Gasteiger partial charge in [-0.15, -0.1) is 0 Å². The lowest BCUT2D eigenvalue weighted by atomic mass is 10.2. The Labute approximate surface area is 130 Å². The second-order valence-corrected chi connectivity index (χ2v) is 4.68. The third-order valence-corrected chi connectivity index (χ3v) is 3.07. The molecule has 0 radical (unpaired) electrons. The van der Waals surface area contributed by atoms with E-state index in [9.17, 15) is 13.6 Å². The molecule has 1 heterocycles. The highest BCUT2D eigenvalue weighted by Gasteiger charge is 2.13. The minimum Gasteiger partial charge on any atom is -0.343 e. The first-order valence-electron chi connectivity index (χ1n) is 6.75. The lowest BCUT2D eigenvalue weighted by Crippen LogP contribution is -2.23. The summed E-state index contributed by atoms with van der Waals surface area (Å²) in [7, 11) is 0. The van der Waals surface area contributed by atoms with Gasteiger partial charge in [-0.05, 0) is 30.3 Å². The second kappa shape index (κ2) is 6.35. The molecule has 0 saturated carbocycles. The molecule has 7 heteroatoms. The Morgan fingerprint density at radius 2 is 1.96 bits per heavy atom. The number of aromatic nitrogens is 2. The van der Waals surface area contributed by atoms with Crippen LogP contribution in [0.3, 0.4) is 0 Å². The average molecular weight is 315 g/mol. The Bertz CT molecular complexity index is 849. The van der Waals surface area contributed by atoms with E-state index in [-0.39, 0.29) is 29.4 Å². The van der Waals surface area contributed by atoms with Gasteiger partial charge in [-0.25, -0.2) is 8.78 Å². The van der Waals surface area contributed by atoms with Crippen LogP contribution in [0.5, 0.6) is 0 Å². The molecule has 5 nitrogen and oxygen atoms in total. The quantitative estimate of drug-likeness (QED) is 0.804. The van der Waals surface area contributed by atoms with Crippen molar-refractivity contribution >= 4 is 5.91 Å². The van der Waals surface area contributed by atoms with Crippen molar-refractivity contribution in [3.8, 4) is 11.4 Å². The molecule has 0 atom stereocenters. The molecule has 1 amide bonds. The van der Waals surface area contributed by atoms with Crippen molar-refractivity contribution in [3.63, 3.8) is 0 Å². The molecule has 2 aromatic carbocycles. The fourth-order valence-electron chi connectivity index (χ4n) is 1.97. The number of hydrogen-bond acceptors (Lipinski definition) is 4. The lowest BCUT2D eigenvalue weighted by molar-refractivity contribution is 0.0946. The van der Waals surface area contributed by atoms with Crippen LogP contribution in [0, 0.1) is 11.6 Å². The van der Waals surface area contributed by atoms with Crippen molar-refractivity contribution < 1.29 is 18.1 Å². The zero-order valence-electron chi connectivity index (χ0n) is 11.8. The molecule has 0 aliphatic carbocycles. The second-order valence-electron chi connectivity index (χ2n) is 4.68. The van der Waals surface area contributed by atoms with E-state index in [1.54, 1.807) is 12.1 Å². The normalized spacial score (nSPS) is 10.5. The molecule has 23 heavy (non-hydrogen) atoms. The molecule has 1 aromatic heterocycles. The number of halogens is 2. The molecule has 0 aliphatic heterocycles. The maximum atomic E-state index is 13.6. The first-order chi connectivity index (χ1) is 11.1. The van der Waals surface area contributed by atoms with Crippen LogP contribution in [0.25, 0.3) is 11.4 Å². The summed E-state index contributed by atoms with van der Waals surface area (Å²) in [4.78, 5) is 15.9. The molecular formula is C16H11F2N3O2. The van der Waals surface area contributed by atoms with Gasteiger partial charge in [0.1, 0.15) is 11.6 Å². The molecule has 0 saturated heterocycles. The zero-order chi connectivity index (χ0) is 16.2. The summed E-state index contributed by atoms with van der Waals surface area (Å²) < 4.78 is 31.7. The van der Waals surface area contributed by atoms with Gasteiger partial charge in [0.05, 0.1) is 12.1 Å². The van der Waals surface area contributed by atoms with Gasteiger partial charge < -0.3 is 9.84 Å². The van der Waals surface area contributed by atoms with Crippen LogP contribution in [0.1, 0.15) is 16.2 Å². The van der Waals surface area contributed by atoms with E-state index in [4.69, 9.17) is 4.52 Å². The Morgan fingerprint density at radius 3 is 2.74 bits per heavy atom. The number of carbonyl (C=O) groups is 1. The highest BCUT2D eigenvalue weighted by atomic mass is 19.1. The van der Waals surface area contributed by atoms with E-state index in [1.165, 1.54) is 30.3 Å². The van der Waals surface area contributed by atoms with Gasteiger partial charge >= 0.3 is 0 Å². The number of nitrogens with one attached hydrogen (secondary N) is 1. The SMILES string of the molecule is O=C(NCc1nc(-c2ccccc2F)no1)c1cccc(F)c1. The Hall–Kier alpha value is -3.09. The van der Waals surface area contributed by atoms with Crippen molar-refractivity contribution in [1.29, 1.82) is 0 Å². The summed E-state index contributed by atoms with van der Waals surface area (Å²) in [6.45, 7) is -0.0448. The third-order valence-electron chi connectivity index (χ3n) is 3.07. The average Bonchev–Trinajstić information content (AvgIpc) is 3.02. The summed E-state index contributed by atoms with van der Waals surface area (Å²) in [5.41, 5.74) is 0.387. The van der Waals surface area contributed by atoms with E-state index in [0.29, 0.717) is 0 Å². The monoisotopic (exact) mass is 315 g/mol. The van der Waals surface area contributed by atoms with Crippen molar-refractivity contribution in [2.45, 2.75) is 6.54 Å². The van der Waals surface area contributed by atoms with Crippen LogP contribution in [0.2, 0.25) is 0 Å². The Morgan fingerprint density at radius 1 is 1.13 bits per heavy atom. The minimum atomic E-state index is -0.503. The van der Waals surface area contributed by atoms with E-state index in [1.807, 2.05) is 0 Å². The van der Waals surface area contributed by atoms with E-state index in [0.717, 1.165) is 6.07 Å². The molecule has 116 valence electrons. The summed E-state index contributed by atoms with van der Waals surface area (Å²) in [6.07, 6.45) is 0. The molecule has 3 rings (SSSR count). The summed E-state index contributed by atoms with van der Waals surface area (Å²) >= 11 is 0. The largest absolute Gasteiger partial charge is 0.343 e. The summed E-state index contributed by atoms with van der Waals surface area (Å²) in [6, 6.07) is 11.3. The number of amides is 1. The minimum absolute atomic E-state index is 0.0448. The fraction of sp³-hybridized carbons (Fsp3) is 0.0625. The maximum Gasteiger partial charge on any atom is 0.251 e. The Kier molecular flexibility index (Phi) is 4.09. The van der Waals surface area contributed by atoms with Crippen molar-refractivity contribution in [3.05, 3.63) is 71.6 Å². The molecule has 0 bridgehead atoms. The number of nitrogens with zero attached hydrogens (tertiary/aromatic N) is 2. The van der Waals surface area contributed by atoms with Gasteiger partial charge in [0, 0.05) is 5.56 Å². The molecule has 0 unspecified atom stereocenters. The number of carbonyl (C=O) groups excluding carboxylic acids is 1. The highest BCUT2D eigenvalue weighted by Crippen LogP contribution is 2.19.